The molecule has 0 aliphatic rings. The lowest BCUT2D eigenvalue weighted by atomic mass is 10.1. The number of hydrogen-bond donors (Lipinski definition) is 1. The third-order valence-corrected chi connectivity index (χ3v) is 3.86. The maximum atomic E-state index is 4.54. The molecule has 0 spiro atoms. The van der Waals surface area contributed by atoms with Crippen molar-refractivity contribution in [2.75, 3.05) is 0 Å². The summed E-state index contributed by atoms with van der Waals surface area (Å²) >= 11 is 3.54. The lowest BCUT2D eigenvalue weighted by Crippen LogP contribution is -1.86. The number of imidazole rings is 1. The molecule has 18 heavy (non-hydrogen) atoms. The highest BCUT2D eigenvalue weighted by Crippen LogP contribution is 2.27. The van der Waals surface area contributed by atoms with Gasteiger partial charge in [0.05, 0.1) is 5.52 Å². The van der Waals surface area contributed by atoms with Gasteiger partial charge in [-0.25, -0.2) is 9.97 Å². The van der Waals surface area contributed by atoms with Crippen molar-refractivity contribution < 1.29 is 0 Å². The third-order valence-electron chi connectivity index (χ3n) is 3.00. The summed E-state index contributed by atoms with van der Waals surface area (Å²) < 4.78 is 1.09. The molecule has 0 aliphatic carbocycles. The van der Waals surface area contributed by atoms with Gasteiger partial charge < -0.3 is 4.98 Å². The molecule has 0 saturated carbocycles. The molecule has 90 valence electrons. The molecule has 0 bridgehead atoms. The first-order valence-corrected chi connectivity index (χ1v) is 6.52. The number of benzene rings is 1. The van der Waals surface area contributed by atoms with E-state index in [4.69, 9.17) is 0 Å². The minimum Gasteiger partial charge on any atom is -0.337 e. The number of hydrogen-bond acceptors (Lipinski definition) is 2. The van der Waals surface area contributed by atoms with Crippen LogP contribution in [0.15, 0.2) is 34.9 Å². The largest absolute Gasteiger partial charge is 0.337 e. The quantitative estimate of drug-likeness (QED) is 0.738. The van der Waals surface area contributed by atoms with E-state index in [1.165, 1.54) is 5.56 Å². The molecular weight excluding hydrogens is 290 g/mol. The normalized spacial score (nSPS) is 11.1. The van der Waals surface area contributed by atoms with Crippen LogP contribution in [-0.2, 0) is 0 Å². The number of aromatic nitrogens is 3. The molecule has 0 saturated heterocycles. The smallest absolute Gasteiger partial charge is 0.178 e. The van der Waals surface area contributed by atoms with Gasteiger partial charge >= 0.3 is 0 Å². The molecule has 2 heterocycles. The molecular formula is C14H12BrN3. The molecule has 1 N–H and O–H groups in total. The van der Waals surface area contributed by atoms with Crippen LogP contribution < -0.4 is 0 Å². The zero-order chi connectivity index (χ0) is 12.7. The van der Waals surface area contributed by atoms with Crippen LogP contribution in [0.2, 0.25) is 0 Å². The Kier molecular flexibility index (Phi) is 2.67. The summed E-state index contributed by atoms with van der Waals surface area (Å²) in [5.74, 6) is 0.863. The predicted octanol–water partition coefficient (Wildman–Crippen LogP) is 4.00. The van der Waals surface area contributed by atoms with Crippen LogP contribution in [0.25, 0.3) is 22.6 Å². The van der Waals surface area contributed by atoms with Crippen molar-refractivity contribution in [3.05, 3.63) is 46.1 Å². The summed E-state index contributed by atoms with van der Waals surface area (Å²) in [6.07, 6.45) is 1.83. The fraction of sp³-hybridized carbons (Fsp3) is 0.143. The minimum atomic E-state index is 0.759. The number of aryl methyl sites for hydroxylation is 1. The van der Waals surface area contributed by atoms with E-state index >= 15 is 0 Å². The zero-order valence-electron chi connectivity index (χ0n) is 10.2. The Balaban J connectivity index is 2.22. The minimum absolute atomic E-state index is 0.759. The number of rotatable bonds is 1. The summed E-state index contributed by atoms with van der Waals surface area (Å²) in [7, 11) is 0. The van der Waals surface area contributed by atoms with Gasteiger partial charge in [0.15, 0.2) is 5.65 Å². The zero-order valence-corrected chi connectivity index (χ0v) is 11.7. The van der Waals surface area contributed by atoms with Crippen LogP contribution in [0, 0.1) is 13.8 Å². The van der Waals surface area contributed by atoms with Gasteiger partial charge in [-0.2, -0.15) is 0 Å². The molecule has 0 amide bonds. The van der Waals surface area contributed by atoms with E-state index < -0.39 is 0 Å². The van der Waals surface area contributed by atoms with E-state index in [0.29, 0.717) is 0 Å². The predicted molar refractivity (Wildman–Crippen MR) is 76.5 cm³/mol. The fourth-order valence-corrected chi connectivity index (χ4v) is 2.36. The molecule has 0 unspecified atom stereocenters. The first kappa shape index (κ1) is 11.4. The lowest BCUT2D eigenvalue weighted by Gasteiger charge is -2.03. The molecule has 3 aromatic rings. The van der Waals surface area contributed by atoms with E-state index in [-0.39, 0.29) is 0 Å². The number of halogens is 1. The van der Waals surface area contributed by atoms with Crippen LogP contribution >= 0.6 is 15.9 Å². The second-order valence-electron chi connectivity index (χ2n) is 4.38. The molecule has 2 aromatic heterocycles. The first-order chi connectivity index (χ1) is 8.65. The maximum Gasteiger partial charge on any atom is 0.178 e. The van der Waals surface area contributed by atoms with Gasteiger partial charge in [-0.05, 0) is 37.1 Å². The molecule has 3 nitrogen and oxygen atoms in total. The average Bonchev–Trinajstić information content (AvgIpc) is 2.75. The van der Waals surface area contributed by atoms with Crippen molar-refractivity contribution in [3.63, 3.8) is 0 Å². The SMILES string of the molecule is Cc1cnc2nc(-c3cccc(Br)c3C)[nH]c2c1. The Morgan fingerprint density at radius 3 is 2.89 bits per heavy atom. The topological polar surface area (TPSA) is 41.6 Å². The summed E-state index contributed by atoms with van der Waals surface area (Å²) in [4.78, 5) is 12.2. The fourth-order valence-electron chi connectivity index (χ4n) is 2.00. The van der Waals surface area contributed by atoms with Gasteiger partial charge in [-0.1, -0.05) is 28.1 Å². The van der Waals surface area contributed by atoms with E-state index in [9.17, 15) is 0 Å². The Labute approximate surface area is 113 Å². The van der Waals surface area contributed by atoms with E-state index in [2.05, 4.69) is 49.9 Å². The van der Waals surface area contributed by atoms with Crippen molar-refractivity contribution in [1.82, 2.24) is 15.0 Å². The van der Waals surface area contributed by atoms with Crippen molar-refractivity contribution in [2.24, 2.45) is 0 Å². The Morgan fingerprint density at radius 1 is 1.22 bits per heavy atom. The lowest BCUT2D eigenvalue weighted by molar-refractivity contribution is 1.27. The molecule has 0 atom stereocenters. The van der Waals surface area contributed by atoms with Crippen molar-refractivity contribution >= 4 is 27.1 Å². The standard InChI is InChI=1S/C14H12BrN3/c1-8-6-12-14(16-7-8)18-13(17-12)10-4-3-5-11(15)9(10)2/h3-7H,1-2H3,(H,16,17,18). The monoisotopic (exact) mass is 301 g/mol. The molecule has 0 aliphatic heterocycles. The first-order valence-electron chi connectivity index (χ1n) is 5.73. The highest BCUT2D eigenvalue weighted by Gasteiger charge is 2.09. The summed E-state index contributed by atoms with van der Waals surface area (Å²) in [5, 5.41) is 0. The number of pyridine rings is 1. The second kappa shape index (κ2) is 4.21. The van der Waals surface area contributed by atoms with Gasteiger partial charge in [0, 0.05) is 16.2 Å². The van der Waals surface area contributed by atoms with Crippen LogP contribution in [0.3, 0.4) is 0 Å². The number of H-pyrrole nitrogens is 1. The molecule has 0 radical (unpaired) electrons. The van der Waals surface area contributed by atoms with E-state index in [0.717, 1.165) is 32.6 Å². The van der Waals surface area contributed by atoms with Gasteiger partial charge in [-0.3, -0.25) is 0 Å². The van der Waals surface area contributed by atoms with Crippen molar-refractivity contribution in [2.45, 2.75) is 13.8 Å². The van der Waals surface area contributed by atoms with Crippen LogP contribution in [0.5, 0.6) is 0 Å². The maximum absolute atomic E-state index is 4.54. The Bertz CT molecular complexity index is 731. The van der Waals surface area contributed by atoms with E-state index in [1.807, 2.05) is 25.3 Å². The summed E-state index contributed by atoms with van der Waals surface area (Å²) in [6, 6.07) is 8.17. The van der Waals surface area contributed by atoms with Crippen molar-refractivity contribution in [3.8, 4) is 11.4 Å². The van der Waals surface area contributed by atoms with Gasteiger partial charge in [0.25, 0.3) is 0 Å². The average molecular weight is 302 g/mol. The van der Waals surface area contributed by atoms with Crippen molar-refractivity contribution in [1.29, 1.82) is 0 Å². The molecule has 1 aromatic carbocycles. The molecule has 4 heteroatoms. The van der Waals surface area contributed by atoms with Gasteiger partial charge in [0.2, 0.25) is 0 Å². The summed E-state index contributed by atoms with van der Waals surface area (Å²) in [6.45, 7) is 4.10. The second-order valence-corrected chi connectivity index (χ2v) is 5.24. The Hall–Kier alpha value is -1.68. The summed E-state index contributed by atoms with van der Waals surface area (Å²) in [5.41, 5.74) is 5.14. The van der Waals surface area contributed by atoms with Gasteiger partial charge in [-0.15, -0.1) is 0 Å². The number of nitrogens with zero attached hydrogens (tertiary/aromatic N) is 2. The van der Waals surface area contributed by atoms with Crippen LogP contribution in [0.4, 0.5) is 0 Å². The number of nitrogens with one attached hydrogen (secondary N) is 1. The highest BCUT2D eigenvalue weighted by atomic mass is 79.9. The highest BCUT2D eigenvalue weighted by molar-refractivity contribution is 9.10. The van der Waals surface area contributed by atoms with E-state index in [1.54, 1.807) is 0 Å². The Morgan fingerprint density at radius 2 is 2.06 bits per heavy atom. The third kappa shape index (κ3) is 1.82. The number of fused-ring (bicyclic) bond motifs is 1. The van der Waals surface area contributed by atoms with Gasteiger partial charge in [0.1, 0.15) is 5.82 Å². The van der Waals surface area contributed by atoms with Crippen LogP contribution in [-0.4, -0.2) is 15.0 Å². The molecule has 0 fully saturated rings. The number of aromatic amines is 1. The molecule has 3 rings (SSSR count). The van der Waals surface area contributed by atoms with Crippen LogP contribution in [0.1, 0.15) is 11.1 Å².